The van der Waals surface area contributed by atoms with Crippen LogP contribution in [0.25, 0.3) is 0 Å². The van der Waals surface area contributed by atoms with Gasteiger partial charge in [0, 0.05) is 0 Å². The van der Waals surface area contributed by atoms with E-state index in [4.69, 9.17) is 9.31 Å². The molecule has 1 aliphatic rings. The van der Waals surface area contributed by atoms with Crippen LogP contribution < -0.4 is 0 Å². The molecule has 1 fully saturated rings. The number of carbonyl (C=O) groups excluding carboxylic acids is 2. The van der Waals surface area contributed by atoms with E-state index < -0.39 is 30.8 Å². The summed E-state index contributed by atoms with van der Waals surface area (Å²) in [4.78, 5) is 24.8. The minimum atomic E-state index is -3.24. The third-order valence-corrected chi connectivity index (χ3v) is 3.27. The minimum Gasteiger partial charge on any atom is -0.498 e. The van der Waals surface area contributed by atoms with Crippen LogP contribution in [0.5, 0.6) is 0 Å². The van der Waals surface area contributed by atoms with Gasteiger partial charge in [0.05, 0.1) is 13.1 Å². The summed E-state index contributed by atoms with van der Waals surface area (Å²) < 4.78 is 38.0. The zero-order valence-electron chi connectivity index (χ0n) is 12.3. The molecule has 1 atom stereocenters. The van der Waals surface area contributed by atoms with Crippen LogP contribution in [-0.4, -0.2) is 50.0 Å². The van der Waals surface area contributed by atoms with Crippen LogP contribution >= 0.6 is 0 Å². The summed E-state index contributed by atoms with van der Waals surface area (Å²) in [5.74, 6) is -6.24. The van der Waals surface area contributed by atoms with E-state index in [0.29, 0.717) is 6.92 Å². The molecule has 118 valence electrons. The van der Waals surface area contributed by atoms with Crippen molar-refractivity contribution < 1.29 is 27.7 Å². The van der Waals surface area contributed by atoms with E-state index in [1.165, 1.54) is 24.1 Å². The molecule has 1 aliphatic heterocycles. The number of rotatable bonds is 3. The van der Waals surface area contributed by atoms with Gasteiger partial charge in [-0.25, -0.2) is 8.78 Å². The molecule has 1 heterocycles. The van der Waals surface area contributed by atoms with Crippen molar-refractivity contribution in [1.29, 1.82) is 0 Å². The standard InChI is InChI=1S/C14H16BF2NO4/c1-14(16,17)13(10-6-4-3-5-7-10)15-21-11(19)8-18(2)9-12(20)22-15/h3-7,13H,8-9H2,1-2H3. The summed E-state index contributed by atoms with van der Waals surface area (Å²) in [6.45, 7) is 0.377. The average molecular weight is 311 g/mol. The molecule has 22 heavy (non-hydrogen) atoms. The molecule has 0 bridgehead atoms. The molecule has 1 aromatic carbocycles. The number of nitrogens with zero attached hydrogens (tertiary/aromatic N) is 1. The van der Waals surface area contributed by atoms with E-state index in [-0.39, 0.29) is 18.7 Å². The van der Waals surface area contributed by atoms with Gasteiger partial charge in [-0.15, -0.1) is 0 Å². The second-order valence-corrected chi connectivity index (χ2v) is 5.37. The summed E-state index contributed by atoms with van der Waals surface area (Å²) in [6, 6.07) is 7.82. The molecule has 0 radical (unpaired) electrons. The Bertz CT molecular complexity index is 530. The highest BCUT2D eigenvalue weighted by Gasteiger charge is 2.51. The van der Waals surface area contributed by atoms with Crippen LogP contribution in [0.2, 0.25) is 0 Å². The molecule has 1 aromatic rings. The predicted molar refractivity (Wildman–Crippen MR) is 75.2 cm³/mol. The first-order valence-corrected chi connectivity index (χ1v) is 6.77. The maximum absolute atomic E-state index is 14.0. The molecule has 1 saturated heterocycles. The summed E-state index contributed by atoms with van der Waals surface area (Å²) in [5, 5.41) is 0. The third kappa shape index (κ3) is 4.04. The maximum Gasteiger partial charge on any atom is 0.612 e. The summed E-state index contributed by atoms with van der Waals surface area (Å²) in [5.41, 5.74) is 0.231. The quantitative estimate of drug-likeness (QED) is 0.792. The van der Waals surface area contributed by atoms with Crippen molar-refractivity contribution in [2.24, 2.45) is 0 Å². The molecular weight excluding hydrogens is 295 g/mol. The van der Waals surface area contributed by atoms with E-state index in [1.54, 1.807) is 18.2 Å². The zero-order chi connectivity index (χ0) is 16.3. The Morgan fingerprint density at radius 1 is 1.14 bits per heavy atom. The molecule has 8 heteroatoms. The Hall–Kier alpha value is -1.96. The number of benzene rings is 1. The van der Waals surface area contributed by atoms with Gasteiger partial charge in [-0.3, -0.25) is 14.5 Å². The fraction of sp³-hybridized carbons (Fsp3) is 0.429. The molecule has 0 spiro atoms. The van der Waals surface area contributed by atoms with Crippen molar-refractivity contribution >= 4 is 19.1 Å². The maximum atomic E-state index is 14.0. The van der Waals surface area contributed by atoms with Gasteiger partial charge < -0.3 is 9.31 Å². The van der Waals surface area contributed by atoms with E-state index in [0.717, 1.165) is 0 Å². The molecule has 0 N–H and O–H groups in total. The first-order valence-electron chi connectivity index (χ1n) is 6.77. The molecule has 0 amide bonds. The number of alkyl halides is 2. The van der Waals surface area contributed by atoms with Gasteiger partial charge in [0.15, 0.2) is 0 Å². The van der Waals surface area contributed by atoms with Gasteiger partial charge in [0.2, 0.25) is 0 Å². The Morgan fingerprint density at radius 2 is 1.64 bits per heavy atom. The Kier molecular flexibility index (Phi) is 4.80. The average Bonchev–Trinajstić information content (AvgIpc) is 2.36. The topological polar surface area (TPSA) is 55.8 Å². The third-order valence-electron chi connectivity index (χ3n) is 3.27. The number of hydrogen-bond acceptors (Lipinski definition) is 5. The number of carbonyl (C=O) groups is 2. The molecular formula is C14H16BF2NO4. The molecule has 1 unspecified atom stereocenters. The lowest BCUT2D eigenvalue weighted by Gasteiger charge is -2.30. The lowest BCUT2D eigenvalue weighted by Crippen LogP contribution is -2.48. The van der Waals surface area contributed by atoms with Crippen LogP contribution in [0, 0.1) is 0 Å². The first-order chi connectivity index (χ1) is 10.3. The summed E-state index contributed by atoms with van der Waals surface area (Å²) >= 11 is 0. The van der Waals surface area contributed by atoms with Gasteiger partial charge >= 0.3 is 19.1 Å². The van der Waals surface area contributed by atoms with E-state index >= 15 is 0 Å². The highest BCUT2D eigenvalue weighted by molar-refractivity contribution is 6.51. The number of halogens is 2. The Morgan fingerprint density at radius 3 is 2.09 bits per heavy atom. The fourth-order valence-electron chi connectivity index (χ4n) is 2.34. The van der Waals surface area contributed by atoms with Crippen molar-refractivity contribution in [1.82, 2.24) is 4.90 Å². The van der Waals surface area contributed by atoms with Gasteiger partial charge in [0.25, 0.3) is 5.92 Å². The highest BCUT2D eigenvalue weighted by atomic mass is 19.3. The fourth-order valence-corrected chi connectivity index (χ4v) is 2.34. The van der Waals surface area contributed by atoms with Crippen molar-refractivity contribution in [3.8, 4) is 0 Å². The van der Waals surface area contributed by atoms with Crippen molar-refractivity contribution in [3.63, 3.8) is 0 Å². The first kappa shape index (κ1) is 16.4. The van der Waals surface area contributed by atoms with Crippen LogP contribution in [0.15, 0.2) is 30.3 Å². The van der Waals surface area contributed by atoms with Crippen molar-refractivity contribution in [2.75, 3.05) is 20.1 Å². The van der Waals surface area contributed by atoms with Crippen LogP contribution in [-0.2, 0) is 18.9 Å². The summed E-state index contributed by atoms with van der Waals surface area (Å²) in [6.07, 6.45) is 0. The van der Waals surface area contributed by atoms with Gasteiger partial charge in [-0.1, -0.05) is 30.3 Å². The van der Waals surface area contributed by atoms with Crippen molar-refractivity contribution in [3.05, 3.63) is 35.9 Å². The van der Waals surface area contributed by atoms with Gasteiger partial charge in [0.1, 0.15) is 5.82 Å². The largest absolute Gasteiger partial charge is 0.612 e. The highest BCUT2D eigenvalue weighted by Crippen LogP contribution is 2.36. The summed E-state index contributed by atoms with van der Waals surface area (Å²) in [7, 11) is -0.123. The lowest BCUT2D eigenvalue weighted by atomic mass is 9.64. The Balaban J connectivity index is 2.33. The van der Waals surface area contributed by atoms with E-state index in [2.05, 4.69) is 0 Å². The number of hydrogen-bond donors (Lipinski definition) is 0. The SMILES string of the molecule is CN1CC(=O)OB(C(c2ccccc2)C(C)(F)F)OC(=O)C1. The van der Waals surface area contributed by atoms with Gasteiger partial charge in [-0.05, 0) is 19.5 Å². The molecule has 0 aromatic heterocycles. The molecule has 5 nitrogen and oxygen atoms in total. The monoisotopic (exact) mass is 311 g/mol. The normalized spacial score (nSPS) is 19.0. The second-order valence-electron chi connectivity index (χ2n) is 5.37. The van der Waals surface area contributed by atoms with Crippen LogP contribution in [0.4, 0.5) is 8.78 Å². The van der Waals surface area contributed by atoms with Crippen molar-refractivity contribution in [2.45, 2.75) is 18.7 Å². The van der Waals surface area contributed by atoms with Gasteiger partial charge in [-0.2, -0.15) is 0 Å². The Labute approximate surface area is 127 Å². The second kappa shape index (κ2) is 6.43. The van der Waals surface area contributed by atoms with E-state index in [9.17, 15) is 18.4 Å². The molecule has 0 saturated carbocycles. The smallest absolute Gasteiger partial charge is 0.498 e. The van der Waals surface area contributed by atoms with Crippen LogP contribution in [0.3, 0.4) is 0 Å². The molecule has 0 aliphatic carbocycles. The van der Waals surface area contributed by atoms with E-state index in [1.807, 2.05) is 0 Å². The zero-order valence-corrected chi connectivity index (χ0v) is 12.3. The predicted octanol–water partition coefficient (Wildman–Crippen LogP) is 1.48. The lowest BCUT2D eigenvalue weighted by molar-refractivity contribution is -0.146. The van der Waals surface area contributed by atoms with Crippen LogP contribution in [0.1, 0.15) is 18.3 Å². The number of likely N-dealkylation sites (N-methyl/N-ethyl adjacent to an activating group) is 1. The minimum absolute atomic E-state index is 0.164. The molecule has 2 rings (SSSR count).